The van der Waals surface area contributed by atoms with Crippen LogP contribution in [0.4, 0.5) is 5.82 Å². The van der Waals surface area contributed by atoms with Crippen molar-refractivity contribution in [1.82, 2.24) is 4.98 Å². The number of carbonyl (C=O) groups is 1. The van der Waals surface area contributed by atoms with Gasteiger partial charge in [0.25, 0.3) is 0 Å². The van der Waals surface area contributed by atoms with Crippen LogP contribution in [-0.2, 0) is 6.42 Å². The van der Waals surface area contributed by atoms with Crippen molar-refractivity contribution >= 4 is 35.7 Å². The Labute approximate surface area is 192 Å². The first-order chi connectivity index (χ1) is 15.6. The van der Waals surface area contributed by atoms with E-state index in [-0.39, 0.29) is 32.7 Å². The van der Waals surface area contributed by atoms with Gasteiger partial charge >= 0.3 is 193 Å². The van der Waals surface area contributed by atoms with Crippen molar-refractivity contribution in [2.24, 2.45) is 0 Å². The summed E-state index contributed by atoms with van der Waals surface area (Å²) in [5, 5.41) is 13.1. The third-order valence-corrected chi connectivity index (χ3v) is 7.51. The molecule has 5 nitrogen and oxygen atoms in total. The van der Waals surface area contributed by atoms with Gasteiger partial charge in [-0.15, -0.1) is 0 Å². The van der Waals surface area contributed by atoms with E-state index in [1.807, 2.05) is 42.5 Å². The second-order valence-corrected chi connectivity index (χ2v) is 10.1. The van der Waals surface area contributed by atoms with E-state index in [4.69, 9.17) is 4.98 Å². The number of aromatic nitrogens is 2. The Bertz CT molecular complexity index is 1270. The molecule has 3 aromatic carbocycles. The molecule has 1 aliphatic heterocycles. The number of anilines is 1. The molecular formula is C26H22N3O2Se+. The Morgan fingerprint density at radius 2 is 1.72 bits per heavy atom. The number of phenolic OH excluding ortho intramolecular Hbond substituents is 1. The number of carbonyl (C=O) groups excluding carboxylic acids is 1. The second-order valence-electron chi connectivity index (χ2n) is 7.84. The third kappa shape index (κ3) is 4.15. The maximum atomic E-state index is 13.3. The third-order valence-electron chi connectivity index (χ3n) is 5.44. The minimum atomic E-state index is -0.332. The molecule has 0 spiro atoms. The van der Waals surface area contributed by atoms with Gasteiger partial charge in [-0.1, -0.05) is 0 Å². The second kappa shape index (κ2) is 8.58. The number of aryl methyl sites for hydroxylation is 1. The monoisotopic (exact) mass is 488 g/mol. The predicted octanol–water partition coefficient (Wildman–Crippen LogP) is 2.38. The van der Waals surface area contributed by atoms with Gasteiger partial charge in [0.2, 0.25) is 0 Å². The zero-order chi connectivity index (χ0) is 22.1. The van der Waals surface area contributed by atoms with Crippen LogP contribution in [0.2, 0.25) is 0 Å². The fraction of sp³-hybridized carbons (Fsp3) is 0.115. The summed E-state index contributed by atoms with van der Waals surface area (Å²) in [6, 6.07) is 25.1. The van der Waals surface area contributed by atoms with Crippen LogP contribution in [0.3, 0.4) is 0 Å². The molecule has 0 fully saturated rings. The molecule has 1 unspecified atom stereocenters. The first kappa shape index (κ1) is 20.4. The van der Waals surface area contributed by atoms with Crippen molar-refractivity contribution in [3.63, 3.8) is 0 Å². The van der Waals surface area contributed by atoms with Crippen molar-refractivity contribution in [3.05, 3.63) is 96.2 Å². The summed E-state index contributed by atoms with van der Waals surface area (Å²) >= 11 is -0.0768. The van der Waals surface area contributed by atoms with Crippen LogP contribution in [0.1, 0.15) is 15.9 Å². The molecule has 2 heterocycles. The molecule has 2 N–H and O–H groups in total. The Hall–Kier alpha value is -3.47. The van der Waals surface area contributed by atoms with E-state index in [2.05, 4.69) is 36.5 Å². The Morgan fingerprint density at radius 1 is 1.00 bits per heavy atom. The molecule has 0 saturated carbocycles. The molecular weight excluding hydrogens is 465 g/mol. The number of rotatable bonds is 5. The normalized spacial score (nSPS) is 14.8. The molecule has 0 amide bonds. The van der Waals surface area contributed by atoms with Crippen molar-refractivity contribution < 1.29 is 14.5 Å². The van der Waals surface area contributed by atoms with Gasteiger partial charge in [0, 0.05) is 0 Å². The fourth-order valence-electron chi connectivity index (χ4n) is 3.73. The van der Waals surface area contributed by atoms with E-state index in [1.165, 1.54) is 10.0 Å². The van der Waals surface area contributed by atoms with Crippen molar-refractivity contribution in [2.45, 2.75) is 19.4 Å². The Kier molecular flexibility index (Phi) is 5.48. The molecule has 1 aliphatic rings. The van der Waals surface area contributed by atoms with E-state index >= 15 is 0 Å². The molecule has 0 saturated heterocycles. The summed E-state index contributed by atoms with van der Waals surface area (Å²) in [5.41, 5.74) is 3.90. The van der Waals surface area contributed by atoms with E-state index in [0.29, 0.717) is 12.1 Å². The first-order valence-electron chi connectivity index (χ1n) is 10.4. The van der Waals surface area contributed by atoms with Gasteiger partial charge in [-0.2, -0.15) is 0 Å². The van der Waals surface area contributed by atoms with E-state index in [0.717, 1.165) is 21.5 Å². The number of hydrogen-bond acceptors (Lipinski definition) is 4. The van der Waals surface area contributed by atoms with Gasteiger partial charge in [0.05, 0.1) is 0 Å². The van der Waals surface area contributed by atoms with Gasteiger partial charge in [-0.25, -0.2) is 0 Å². The number of hydrogen-bond donors (Lipinski definition) is 2. The standard InChI is InChI=1S/C26H21N3O2Se/c1-17-7-13-21(14-8-17)32-25-24-27-22(15-18-5-3-2-4-6-18)26(31)29(24)16-23(28-25)19-9-11-20(30)12-10-19/h2-14,16,22,30H,15H2,1H3/p+1. The van der Waals surface area contributed by atoms with Gasteiger partial charge in [0.15, 0.2) is 0 Å². The van der Waals surface area contributed by atoms with Gasteiger partial charge in [-0.3, -0.25) is 0 Å². The van der Waals surface area contributed by atoms with Crippen LogP contribution in [0.5, 0.6) is 5.75 Å². The molecule has 0 radical (unpaired) electrons. The number of nitrogens with zero attached hydrogens (tertiary/aromatic N) is 2. The van der Waals surface area contributed by atoms with Crippen molar-refractivity contribution in [2.75, 3.05) is 5.32 Å². The molecule has 0 bridgehead atoms. The number of nitrogens with one attached hydrogen (secondary N) is 1. The minimum absolute atomic E-state index is 0.0206. The average Bonchev–Trinajstić information content (AvgIpc) is 3.12. The van der Waals surface area contributed by atoms with E-state index in [9.17, 15) is 9.90 Å². The molecule has 5 rings (SSSR count). The molecule has 0 aliphatic carbocycles. The topological polar surface area (TPSA) is 66.1 Å². The van der Waals surface area contributed by atoms with Crippen molar-refractivity contribution in [1.29, 1.82) is 0 Å². The number of phenols is 1. The van der Waals surface area contributed by atoms with Crippen LogP contribution in [-0.4, -0.2) is 37.0 Å². The summed E-state index contributed by atoms with van der Waals surface area (Å²) in [6.07, 6.45) is 2.42. The molecule has 1 aromatic heterocycles. The van der Waals surface area contributed by atoms with Gasteiger partial charge in [0.1, 0.15) is 0 Å². The summed E-state index contributed by atoms with van der Waals surface area (Å²) in [4.78, 5) is 18.3. The van der Waals surface area contributed by atoms with E-state index < -0.39 is 0 Å². The van der Waals surface area contributed by atoms with Crippen LogP contribution in [0.15, 0.2) is 85.1 Å². The average molecular weight is 487 g/mol. The SMILES string of the molecule is Cc1ccc([Se]c2nc(-c3ccc(O)cc3)c[n+]3c2NC(Cc2ccccc2)C3=O)cc1. The predicted molar refractivity (Wildman–Crippen MR) is 126 cm³/mol. The van der Waals surface area contributed by atoms with Gasteiger partial charge in [-0.05, 0) is 0 Å². The quantitative estimate of drug-likeness (QED) is 0.335. The van der Waals surface area contributed by atoms with Crippen LogP contribution < -0.4 is 18.9 Å². The van der Waals surface area contributed by atoms with Gasteiger partial charge < -0.3 is 0 Å². The molecule has 158 valence electrons. The summed E-state index contributed by atoms with van der Waals surface area (Å²) < 4.78 is 3.80. The summed E-state index contributed by atoms with van der Waals surface area (Å²) in [5.74, 6) is 0.999. The van der Waals surface area contributed by atoms with Crippen LogP contribution in [0, 0.1) is 6.92 Å². The first-order valence-corrected chi connectivity index (χ1v) is 12.1. The van der Waals surface area contributed by atoms with Crippen molar-refractivity contribution in [3.8, 4) is 17.0 Å². The number of benzene rings is 3. The maximum absolute atomic E-state index is 13.3. The van der Waals surface area contributed by atoms with E-state index in [1.54, 1.807) is 22.9 Å². The zero-order valence-electron chi connectivity index (χ0n) is 17.5. The Morgan fingerprint density at radius 3 is 2.44 bits per heavy atom. The van der Waals surface area contributed by atoms with Crippen LogP contribution in [0.25, 0.3) is 11.3 Å². The Balaban J connectivity index is 1.55. The summed E-state index contributed by atoms with van der Waals surface area (Å²) in [6.45, 7) is 2.07. The van der Waals surface area contributed by atoms with Crippen LogP contribution >= 0.6 is 0 Å². The number of aromatic hydroxyl groups is 1. The number of fused-ring (bicyclic) bond motifs is 1. The molecule has 6 heteroatoms. The zero-order valence-corrected chi connectivity index (χ0v) is 19.2. The summed E-state index contributed by atoms with van der Waals surface area (Å²) in [7, 11) is 0. The molecule has 1 atom stereocenters. The molecule has 4 aromatic rings. The fourth-order valence-corrected chi connectivity index (χ4v) is 5.60. The molecule has 32 heavy (non-hydrogen) atoms.